The zero-order chi connectivity index (χ0) is 25.2. The lowest BCUT2D eigenvalue weighted by Gasteiger charge is -2.14. The van der Waals surface area contributed by atoms with Gasteiger partial charge in [-0.2, -0.15) is 13.2 Å². The molecule has 0 spiro atoms. The predicted octanol–water partition coefficient (Wildman–Crippen LogP) is 5.49. The van der Waals surface area contributed by atoms with E-state index in [4.69, 9.17) is 4.52 Å². The molecule has 0 radical (unpaired) electrons. The molecule has 0 atom stereocenters. The summed E-state index contributed by atoms with van der Waals surface area (Å²) < 4.78 is 46.4. The van der Waals surface area contributed by atoms with E-state index in [-0.39, 0.29) is 28.1 Å². The van der Waals surface area contributed by atoms with E-state index in [1.807, 2.05) is 0 Å². The van der Waals surface area contributed by atoms with Crippen molar-refractivity contribution in [3.05, 3.63) is 82.2 Å². The van der Waals surface area contributed by atoms with Crippen LogP contribution in [-0.2, 0) is 11.0 Å². The average molecular weight is 503 g/mol. The van der Waals surface area contributed by atoms with Gasteiger partial charge in [0.15, 0.2) is 11.0 Å². The van der Waals surface area contributed by atoms with E-state index in [2.05, 4.69) is 15.5 Å². The van der Waals surface area contributed by atoms with Crippen molar-refractivity contribution in [2.24, 2.45) is 0 Å². The first-order valence-corrected chi connectivity index (χ1v) is 11.0. The first-order valence-electron chi connectivity index (χ1n) is 9.98. The summed E-state index contributed by atoms with van der Waals surface area (Å²) in [5, 5.41) is 17.7. The molecule has 1 N–H and O–H groups in total. The molecule has 0 fully saturated rings. The number of aromatic nitrogens is 3. The number of nitrogens with zero attached hydrogens (tertiary/aromatic N) is 4. The second kappa shape index (κ2) is 9.62. The number of amides is 1. The van der Waals surface area contributed by atoms with Gasteiger partial charge in [0.25, 0.3) is 5.69 Å². The molecule has 0 saturated heterocycles. The number of hydrogen-bond donors (Lipinski definition) is 1. The number of benzene rings is 2. The number of carbonyl (C=O) groups excluding carboxylic acids is 1. The molecule has 0 unspecified atom stereocenters. The fraction of sp³-hybridized carbons (Fsp3) is 0.136. The third-order valence-corrected chi connectivity index (χ3v) is 5.69. The van der Waals surface area contributed by atoms with E-state index in [1.54, 1.807) is 13.0 Å². The lowest BCUT2D eigenvalue weighted by Crippen LogP contribution is -2.15. The molecular formula is C22H16F3N5O4S. The number of nitro benzene ring substituents is 1. The number of non-ortho nitro benzene ring substituents is 1. The predicted molar refractivity (Wildman–Crippen MR) is 121 cm³/mol. The number of aryl methyl sites for hydroxylation is 1. The van der Waals surface area contributed by atoms with Crippen molar-refractivity contribution < 1.29 is 27.4 Å². The standard InChI is InChI=1S/C22H16F3N5O4S/c1-13-8-19(28-34-13)27-20(31)12-35-21-26-11-18(14-4-2-7-17(9-14)30(32)33)29(21)16-6-3-5-15(10-16)22(23,24)25/h2-11H,12H2,1H3,(H,27,28,31). The number of rotatable bonds is 7. The minimum Gasteiger partial charge on any atom is -0.360 e. The lowest BCUT2D eigenvalue weighted by atomic mass is 10.1. The summed E-state index contributed by atoms with van der Waals surface area (Å²) in [6.45, 7) is 1.67. The summed E-state index contributed by atoms with van der Waals surface area (Å²) in [5.41, 5.74) is -0.227. The highest BCUT2D eigenvalue weighted by Crippen LogP contribution is 2.35. The Kier molecular flexibility index (Phi) is 6.60. The van der Waals surface area contributed by atoms with Crippen LogP contribution >= 0.6 is 11.8 Å². The maximum absolute atomic E-state index is 13.4. The summed E-state index contributed by atoms with van der Waals surface area (Å²) in [5.74, 6) is 0.177. The second-order valence-electron chi connectivity index (χ2n) is 7.28. The Morgan fingerprint density at radius 1 is 1.20 bits per heavy atom. The molecule has 0 saturated carbocycles. The van der Waals surface area contributed by atoms with Crippen LogP contribution < -0.4 is 5.32 Å². The number of hydrogen-bond acceptors (Lipinski definition) is 7. The summed E-state index contributed by atoms with van der Waals surface area (Å²) in [6.07, 6.45) is -3.19. The Labute approximate surface area is 200 Å². The number of anilines is 1. The number of imidazole rings is 1. The summed E-state index contributed by atoms with van der Waals surface area (Å²) in [7, 11) is 0. The maximum atomic E-state index is 13.4. The monoisotopic (exact) mass is 503 g/mol. The zero-order valence-electron chi connectivity index (χ0n) is 17.9. The molecule has 2 aromatic carbocycles. The molecule has 2 aromatic heterocycles. The summed E-state index contributed by atoms with van der Waals surface area (Å²) in [4.78, 5) is 27.3. The van der Waals surface area contributed by atoms with Gasteiger partial charge in [-0.1, -0.05) is 35.1 Å². The van der Waals surface area contributed by atoms with Crippen molar-refractivity contribution in [2.75, 3.05) is 11.1 Å². The first kappa shape index (κ1) is 24.0. The lowest BCUT2D eigenvalue weighted by molar-refractivity contribution is -0.384. The van der Waals surface area contributed by atoms with E-state index >= 15 is 0 Å². The fourth-order valence-electron chi connectivity index (χ4n) is 3.22. The Balaban J connectivity index is 1.71. The number of nitrogens with one attached hydrogen (secondary N) is 1. The Bertz CT molecular complexity index is 1400. The molecule has 0 aliphatic rings. The quantitative estimate of drug-likeness (QED) is 0.201. The molecule has 35 heavy (non-hydrogen) atoms. The SMILES string of the molecule is Cc1cc(NC(=O)CSc2ncc(-c3cccc([N+](=O)[O-])c3)n2-c2cccc(C(F)(F)F)c2)no1. The number of halogens is 3. The van der Waals surface area contributed by atoms with Crippen LogP contribution in [0, 0.1) is 17.0 Å². The van der Waals surface area contributed by atoms with Crippen molar-refractivity contribution in [3.8, 4) is 16.9 Å². The topological polar surface area (TPSA) is 116 Å². The van der Waals surface area contributed by atoms with Gasteiger partial charge in [0.1, 0.15) is 5.76 Å². The molecule has 0 aliphatic heterocycles. The molecule has 0 bridgehead atoms. The van der Waals surface area contributed by atoms with Crippen molar-refractivity contribution in [3.63, 3.8) is 0 Å². The molecule has 2 heterocycles. The largest absolute Gasteiger partial charge is 0.416 e. The third kappa shape index (κ3) is 5.51. The highest BCUT2D eigenvalue weighted by molar-refractivity contribution is 7.99. The van der Waals surface area contributed by atoms with Gasteiger partial charge in [0.05, 0.1) is 28.1 Å². The highest BCUT2D eigenvalue weighted by Gasteiger charge is 2.31. The molecule has 180 valence electrons. The number of nitro groups is 1. The number of carbonyl (C=O) groups is 1. The number of thioether (sulfide) groups is 1. The second-order valence-corrected chi connectivity index (χ2v) is 8.22. The summed E-state index contributed by atoms with van der Waals surface area (Å²) >= 11 is 0.982. The molecule has 4 rings (SSSR count). The van der Waals surface area contributed by atoms with Gasteiger partial charge >= 0.3 is 6.18 Å². The van der Waals surface area contributed by atoms with Crippen LogP contribution in [0.4, 0.5) is 24.7 Å². The average Bonchev–Trinajstić information content (AvgIpc) is 3.43. The minimum absolute atomic E-state index is 0.129. The van der Waals surface area contributed by atoms with E-state index in [0.29, 0.717) is 17.0 Å². The highest BCUT2D eigenvalue weighted by atomic mass is 32.2. The molecule has 4 aromatic rings. The summed E-state index contributed by atoms with van der Waals surface area (Å²) in [6, 6.07) is 11.8. The van der Waals surface area contributed by atoms with E-state index in [1.165, 1.54) is 47.2 Å². The molecular weight excluding hydrogens is 487 g/mol. The van der Waals surface area contributed by atoms with E-state index in [9.17, 15) is 28.1 Å². The van der Waals surface area contributed by atoms with Gasteiger partial charge in [0, 0.05) is 29.4 Å². The van der Waals surface area contributed by atoms with E-state index in [0.717, 1.165) is 23.9 Å². The van der Waals surface area contributed by atoms with Crippen molar-refractivity contribution in [1.29, 1.82) is 0 Å². The van der Waals surface area contributed by atoms with Crippen LogP contribution in [-0.4, -0.2) is 31.3 Å². The van der Waals surface area contributed by atoms with Crippen LogP contribution in [0.2, 0.25) is 0 Å². The number of alkyl halides is 3. The Hall–Kier alpha value is -4.13. The van der Waals surface area contributed by atoms with Crippen molar-refractivity contribution in [1.82, 2.24) is 14.7 Å². The van der Waals surface area contributed by atoms with Gasteiger partial charge in [-0.3, -0.25) is 19.5 Å². The van der Waals surface area contributed by atoms with Crippen molar-refractivity contribution >= 4 is 29.2 Å². The zero-order valence-corrected chi connectivity index (χ0v) is 18.8. The maximum Gasteiger partial charge on any atom is 0.416 e. The Morgan fingerprint density at radius 3 is 2.66 bits per heavy atom. The minimum atomic E-state index is -4.58. The normalized spacial score (nSPS) is 11.4. The van der Waals surface area contributed by atoms with Gasteiger partial charge in [-0.15, -0.1) is 0 Å². The molecule has 0 aliphatic carbocycles. The van der Waals surface area contributed by atoms with Crippen LogP contribution in [0.3, 0.4) is 0 Å². The van der Waals surface area contributed by atoms with Crippen LogP contribution in [0.5, 0.6) is 0 Å². The van der Waals surface area contributed by atoms with Gasteiger partial charge in [-0.25, -0.2) is 4.98 Å². The fourth-order valence-corrected chi connectivity index (χ4v) is 4.02. The molecule has 1 amide bonds. The molecule has 9 nitrogen and oxygen atoms in total. The van der Waals surface area contributed by atoms with Crippen LogP contribution in [0.1, 0.15) is 11.3 Å². The van der Waals surface area contributed by atoms with Gasteiger partial charge in [0.2, 0.25) is 5.91 Å². The first-order chi connectivity index (χ1) is 16.6. The van der Waals surface area contributed by atoms with E-state index < -0.39 is 22.6 Å². The third-order valence-electron chi connectivity index (χ3n) is 4.74. The molecule has 13 heteroatoms. The van der Waals surface area contributed by atoms with Gasteiger partial charge < -0.3 is 9.84 Å². The van der Waals surface area contributed by atoms with Crippen LogP contribution in [0.15, 0.2) is 70.5 Å². The van der Waals surface area contributed by atoms with Gasteiger partial charge in [-0.05, 0) is 25.1 Å². The van der Waals surface area contributed by atoms with Crippen LogP contribution in [0.25, 0.3) is 16.9 Å². The van der Waals surface area contributed by atoms with Crippen molar-refractivity contribution in [2.45, 2.75) is 18.3 Å². The Morgan fingerprint density at radius 2 is 1.97 bits per heavy atom. The smallest absolute Gasteiger partial charge is 0.360 e.